The van der Waals surface area contributed by atoms with Gasteiger partial charge in [0, 0.05) is 31.5 Å². The highest BCUT2D eigenvalue weighted by molar-refractivity contribution is 5.96. The minimum Gasteiger partial charge on any atom is -0.507 e. The number of nitrogens with zero attached hydrogens (tertiary/aromatic N) is 3. The number of aromatic nitrogens is 1. The molecule has 1 atom stereocenters. The average molecular weight is 339 g/mol. The van der Waals surface area contributed by atoms with E-state index < -0.39 is 0 Å². The van der Waals surface area contributed by atoms with Gasteiger partial charge in [-0.15, -0.1) is 0 Å². The third-order valence-electron chi connectivity index (χ3n) is 4.88. The van der Waals surface area contributed by atoms with E-state index in [0.717, 1.165) is 25.1 Å². The Morgan fingerprint density at radius 2 is 2.04 bits per heavy atom. The first-order chi connectivity index (χ1) is 12.2. The summed E-state index contributed by atoms with van der Waals surface area (Å²) in [6.45, 7) is 5.44. The number of benzene rings is 1. The summed E-state index contributed by atoms with van der Waals surface area (Å²) in [4.78, 5) is 21.4. The predicted molar refractivity (Wildman–Crippen MR) is 97.4 cm³/mol. The largest absolute Gasteiger partial charge is 0.507 e. The number of likely N-dealkylation sites (N-methyl/N-ethyl adjacent to an activating group) is 1. The van der Waals surface area contributed by atoms with Gasteiger partial charge in [-0.2, -0.15) is 0 Å². The van der Waals surface area contributed by atoms with Crippen molar-refractivity contribution in [1.82, 2.24) is 14.8 Å². The van der Waals surface area contributed by atoms with Crippen molar-refractivity contribution in [3.05, 3.63) is 59.9 Å². The minimum atomic E-state index is -0.127. The van der Waals surface area contributed by atoms with Gasteiger partial charge in [-0.05, 0) is 55.8 Å². The maximum absolute atomic E-state index is 13.1. The van der Waals surface area contributed by atoms with E-state index in [4.69, 9.17) is 0 Å². The van der Waals surface area contributed by atoms with Crippen LogP contribution in [0, 0.1) is 0 Å². The minimum absolute atomic E-state index is 0.0333. The second-order valence-electron chi connectivity index (χ2n) is 6.48. The molecule has 1 fully saturated rings. The molecule has 1 aromatic carbocycles. The number of rotatable bonds is 6. The maximum Gasteiger partial charge on any atom is 0.257 e. The lowest BCUT2D eigenvalue weighted by Crippen LogP contribution is -2.42. The number of likely N-dealkylation sites (tertiary alicyclic amines) is 1. The molecule has 2 aromatic rings. The molecule has 0 saturated carbocycles. The fourth-order valence-electron chi connectivity index (χ4n) is 3.53. The van der Waals surface area contributed by atoms with Gasteiger partial charge in [0.1, 0.15) is 5.75 Å². The number of hydrogen-bond acceptors (Lipinski definition) is 4. The summed E-state index contributed by atoms with van der Waals surface area (Å²) in [7, 11) is 0. The Labute approximate surface area is 148 Å². The highest BCUT2D eigenvalue weighted by Gasteiger charge is 2.28. The molecule has 5 heteroatoms. The van der Waals surface area contributed by atoms with Crippen molar-refractivity contribution >= 4 is 5.91 Å². The van der Waals surface area contributed by atoms with Crippen LogP contribution in [0.3, 0.4) is 0 Å². The summed E-state index contributed by atoms with van der Waals surface area (Å²) in [5.74, 6) is -0.0936. The third kappa shape index (κ3) is 4.17. The number of amides is 1. The zero-order valence-corrected chi connectivity index (χ0v) is 14.6. The summed E-state index contributed by atoms with van der Waals surface area (Å²) in [6, 6.07) is 11.0. The molecule has 0 spiro atoms. The van der Waals surface area contributed by atoms with Crippen molar-refractivity contribution < 1.29 is 9.90 Å². The fraction of sp³-hybridized carbons (Fsp3) is 0.400. The molecule has 3 rings (SSSR count). The Bertz CT molecular complexity index is 705. The van der Waals surface area contributed by atoms with E-state index in [2.05, 4.69) is 16.8 Å². The summed E-state index contributed by atoms with van der Waals surface area (Å²) in [5, 5.41) is 10.1. The zero-order chi connectivity index (χ0) is 17.6. The van der Waals surface area contributed by atoms with Gasteiger partial charge in [0.05, 0.1) is 5.56 Å². The molecule has 0 aliphatic carbocycles. The van der Waals surface area contributed by atoms with E-state index in [1.807, 2.05) is 17.0 Å². The van der Waals surface area contributed by atoms with E-state index in [9.17, 15) is 9.90 Å². The Hall–Kier alpha value is -2.40. The summed E-state index contributed by atoms with van der Waals surface area (Å²) in [6.07, 6.45) is 5.76. The monoisotopic (exact) mass is 339 g/mol. The molecule has 25 heavy (non-hydrogen) atoms. The number of phenols is 1. The second kappa shape index (κ2) is 8.12. The average Bonchev–Trinajstić information content (AvgIpc) is 3.09. The van der Waals surface area contributed by atoms with Gasteiger partial charge in [-0.1, -0.05) is 19.1 Å². The van der Waals surface area contributed by atoms with E-state index in [0.29, 0.717) is 24.7 Å². The highest BCUT2D eigenvalue weighted by atomic mass is 16.3. The van der Waals surface area contributed by atoms with Crippen molar-refractivity contribution in [2.45, 2.75) is 32.4 Å². The second-order valence-corrected chi connectivity index (χ2v) is 6.48. The van der Waals surface area contributed by atoms with Gasteiger partial charge in [-0.25, -0.2) is 0 Å². The number of phenolic OH excluding ortho intramolecular Hbond substituents is 1. The molecular weight excluding hydrogens is 314 g/mol. The van der Waals surface area contributed by atoms with Crippen LogP contribution in [-0.2, 0) is 6.54 Å². The smallest absolute Gasteiger partial charge is 0.257 e. The first kappa shape index (κ1) is 17.4. The molecular formula is C20H25N3O2. The SMILES string of the molecule is CCN1CCCC1CN(Cc1ccncc1)C(=O)c1ccccc1O. The number of hydrogen-bond donors (Lipinski definition) is 1. The standard InChI is InChI=1S/C20H25N3O2/c1-2-22-13-5-6-17(22)15-23(14-16-9-11-21-12-10-16)20(25)18-7-3-4-8-19(18)24/h3-4,7-12,17,24H,2,5-6,13-15H2,1H3. The van der Waals surface area contributed by atoms with Crippen LogP contribution in [0.4, 0.5) is 0 Å². The Kier molecular flexibility index (Phi) is 5.66. The Morgan fingerprint density at radius 1 is 1.28 bits per heavy atom. The molecule has 5 nitrogen and oxygen atoms in total. The molecule has 0 bridgehead atoms. The lowest BCUT2D eigenvalue weighted by Gasteiger charge is -2.30. The van der Waals surface area contributed by atoms with Crippen LogP contribution < -0.4 is 0 Å². The fourth-order valence-corrected chi connectivity index (χ4v) is 3.53. The number of pyridine rings is 1. The topological polar surface area (TPSA) is 56.7 Å². The van der Waals surface area contributed by atoms with Crippen LogP contribution in [0.5, 0.6) is 5.75 Å². The Balaban J connectivity index is 1.83. The van der Waals surface area contributed by atoms with Crippen LogP contribution in [0.2, 0.25) is 0 Å². The first-order valence-corrected chi connectivity index (χ1v) is 8.89. The van der Waals surface area contributed by atoms with Crippen molar-refractivity contribution in [1.29, 1.82) is 0 Å². The molecule has 1 aliphatic rings. The van der Waals surface area contributed by atoms with Gasteiger partial charge in [0.25, 0.3) is 5.91 Å². The summed E-state index contributed by atoms with van der Waals surface area (Å²) in [5.41, 5.74) is 1.40. The van der Waals surface area contributed by atoms with Gasteiger partial charge in [0.15, 0.2) is 0 Å². The molecule has 1 aromatic heterocycles. The van der Waals surface area contributed by atoms with Crippen LogP contribution >= 0.6 is 0 Å². The van der Waals surface area contributed by atoms with Crippen molar-refractivity contribution in [3.8, 4) is 5.75 Å². The van der Waals surface area contributed by atoms with Gasteiger partial charge >= 0.3 is 0 Å². The van der Waals surface area contributed by atoms with E-state index in [1.165, 1.54) is 6.42 Å². The quantitative estimate of drug-likeness (QED) is 0.879. The lowest BCUT2D eigenvalue weighted by molar-refractivity contribution is 0.0689. The third-order valence-corrected chi connectivity index (χ3v) is 4.88. The van der Waals surface area contributed by atoms with Gasteiger partial charge in [0.2, 0.25) is 0 Å². The highest BCUT2D eigenvalue weighted by Crippen LogP contribution is 2.23. The number of carbonyl (C=O) groups excluding carboxylic acids is 1. The first-order valence-electron chi connectivity index (χ1n) is 8.89. The van der Waals surface area contributed by atoms with Crippen molar-refractivity contribution in [2.75, 3.05) is 19.6 Å². The molecule has 1 aliphatic heterocycles. The van der Waals surface area contributed by atoms with Crippen LogP contribution in [0.25, 0.3) is 0 Å². The molecule has 0 radical (unpaired) electrons. The van der Waals surface area contributed by atoms with Gasteiger partial charge in [-0.3, -0.25) is 14.7 Å². The van der Waals surface area contributed by atoms with Crippen LogP contribution in [-0.4, -0.2) is 51.5 Å². The van der Waals surface area contributed by atoms with Crippen molar-refractivity contribution in [3.63, 3.8) is 0 Å². The molecule has 1 amide bonds. The van der Waals surface area contributed by atoms with E-state index in [1.54, 1.807) is 36.7 Å². The van der Waals surface area contributed by atoms with E-state index in [-0.39, 0.29) is 11.7 Å². The zero-order valence-electron chi connectivity index (χ0n) is 14.6. The summed E-state index contributed by atoms with van der Waals surface area (Å²) >= 11 is 0. The predicted octanol–water partition coefficient (Wildman–Crippen LogP) is 2.91. The van der Waals surface area contributed by atoms with Crippen molar-refractivity contribution in [2.24, 2.45) is 0 Å². The molecule has 1 unspecified atom stereocenters. The van der Waals surface area contributed by atoms with Gasteiger partial charge < -0.3 is 10.0 Å². The van der Waals surface area contributed by atoms with E-state index >= 15 is 0 Å². The number of aromatic hydroxyl groups is 1. The lowest BCUT2D eigenvalue weighted by atomic mass is 10.1. The van der Waals surface area contributed by atoms with Crippen LogP contribution in [0.15, 0.2) is 48.8 Å². The maximum atomic E-state index is 13.1. The Morgan fingerprint density at radius 3 is 2.76 bits per heavy atom. The molecule has 132 valence electrons. The molecule has 1 saturated heterocycles. The number of carbonyl (C=O) groups is 1. The van der Waals surface area contributed by atoms with Crippen LogP contribution in [0.1, 0.15) is 35.7 Å². The molecule has 1 N–H and O–H groups in total. The molecule has 2 heterocycles. The number of para-hydroxylation sites is 1. The summed E-state index contributed by atoms with van der Waals surface area (Å²) < 4.78 is 0. The normalized spacial score (nSPS) is 17.6.